The predicted molar refractivity (Wildman–Crippen MR) is 95.3 cm³/mol. The molecule has 2 atom stereocenters. The lowest BCUT2D eigenvalue weighted by atomic mass is 9.96. The van der Waals surface area contributed by atoms with Gasteiger partial charge in [-0.15, -0.1) is 0 Å². The summed E-state index contributed by atoms with van der Waals surface area (Å²) in [5, 5.41) is 3.82. The van der Waals surface area contributed by atoms with Crippen LogP contribution < -0.4 is 5.32 Å². The summed E-state index contributed by atoms with van der Waals surface area (Å²) in [6, 6.07) is 7.90. The Morgan fingerprint density at radius 2 is 1.92 bits per heavy atom. The van der Waals surface area contributed by atoms with Gasteiger partial charge in [0.2, 0.25) is 0 Å². The van der Waals surface area contributed by atoms with Gasteiger partial charge in [-0.3, -0.25) is 0 Å². The molecule has 130 valence electrons. The minimum Gasteiger partial charge on any atom is -0.454 e. The van der Waals surface area contributed by atoms with Gasteiger partial charge < -0.3 is 10.1 Å². The zero-order chi connectivity index (χ0) is 17.1. The topological polar surface area (TPSA) is 53.9 Å². The van der Waals surface area contributed by atoms with Crippen LogP contribution in [0.5, 0.6) is 0 Å². The first-order valence-corrected chi connectivity index (χ1v) is 8.96. The van der Waals surface area contributed by atoms with E-state index in [1.807, 2.05) is 31.2 Å². The summed E-state index contributed by atoms with van der Waals surface area (Å²) < 4.78 is 5.94. The Hall–Kier alpha value is -1.75. The van der Waals surface area contributed by atoms with Crippen molar-refractivity contribution in [3.05, 3.63) is 34.9 Å². The number of hydrogen-bond donors (Lipinski definition) is 1. The van der Waals surface area contributed by atoms with E-state index in [0.717, 1.165) is 18.4 Å². The molecule has 2 fully saturated rings. The van der Waals surface area contributed by atoms with Crippen LogP contribution in [0.3, 0.4) is 0 Å². The van der Waals surface area contributed by atoms with Gasteiger partial charge in [0.05, 0.1) is 6.04 Å². The van der Waals surface area contributed by atoms with E-state index in [1.54, 1.807) is 11.9 Å². The number of hydrogen-bond acceptors (Lipinski definition) is 3. The number of amidine groups is 1. The first-order valence-electron chi connectivity index (χ1n) is 8.59. The van der Waals surface area contributed by atoms with Gasteiger partial charge >= 0.3 is 6.03 Å². The van der Waals surface area contributed by atoms with Crippen LogP contribution in [0.4, 0.5) is 4.79 Å². The summed E-state index contributed by atoms with van der Waals surface area (Å²) in [5.41, 5.74) is 0.987. The number of halogens is 1. The highest BCUT2D eigenvalue weighted by atomic mass is 35.5. The molecule has 0 bridgehead atoms. The normalized spacial score (nSPS) is 26.5. The largest absolute Gasteiger partial charge is 0.454 e. The number of rotatable bonds is 2. The van der Waals surface area contributed by atoms with E-state index in [9.17, 15) is 4.79 Å². The number of nitrogens with one attached hydrogen (secondary N) is 1. The summed E-state index contributed by atoms with van der Waals surface area (Å²) in [4.78, 5) is 18.6. The fourth-order valence-corrected chi connectivity index (χ4v) is 3.63. The summed E-state index contributed by atoms with van der Waals surface area (Å²) in [6.07, 6.45) is 5.48. The van der Waals surface area contributed by atoms with Crippen molar-refractivity contribution in [2.45, 2.75) is 57.2 Å². The van der Waals surface area contributed by atoms with Crippen molar-refractivity contribution < 1.29 is 9.53 Å². The molecular formula is C18H24ClN3O2. The Bertz CT molecular complexity index is 611. The molecule has 3 rings (SSSR count). The Kier molecular flexibility index (Phi) is 5.29. The summed E-state index contributed by atoms with van der Waals surface area (Å²) in [7, 11) is 1.65. The van der Waals surface area contributed by atoms with Crippen LogP contribution in [0.15, 0.2) is 29.3 Å². The summed E-state index contributed by atoms with van der Waals surface area (Å²) in [6.45, 7) is 1.98. The second-order valence-corrected chi connectivity index (χ2v) is 6.93. The van der Waals surface area contributed by atoms with Crippen LogP contribution in [0, 0.1) is 0 Å². The van der Waals surface area contributed by atoms with Crippen molar-refractivity contribution in [1.82, 2.24) is 10.2 Å². The molecule has 0 radical (unpaired) electrons. The molecule has 2 unspecified atom stereocenters. The van der Waals surface area contributed by atoms with Crippen molar-refractivity contribution in [1.29, 1.82) is 0 Å². The van der Waals surface area contributed by atoms with Crippen LogP contribution in [0.1, 0.15) is 50.7 Å². The number of benzene rings is 1. The zero-order valence-electron chi connectivity index (χ0n) is 14.2. The highest BCUT2D eigenvalue weighted by Crippen LogP contribution is 2.33. The fourth-order valence-electron chi connectivity index (χ4n) is 3.50. The maximum absolute atomic E-state index is 12.8. The number of ether oxygens (including phenoxy) is 1. The summed E-state index contributed by atoms with van der Waals surface area (Å²) in [5.74, 6) is 0. The first-order chi connectivity index (χ1) is 11.6. The van der Waals surface area contributed by atoms with Crippen LogP contribution >= 0.6 is 11.6 Å². The van der Waals surface area contributed by atoms with Gasteiger partial charge in [-0.25, -0.2) is 14.7 Å². The monoisotopic (exact) mass is 349 g/mol. The van der Waals surface area contributed by atoms with Crippen molar-refractivity contribution in [3.8, 4) is 0 Å². The second-order valence-electron chi connectivity index (χ2n) is 6.49. The molecule has 1 saturated carbocycles. The van der Waals surface area contributed by atoms with E-state index in [-0.39, 0.29) is 24.2 Å². The minimum absolute atomic E-state index is 0.119. The molecule has 1 N–H and O–H groups in total. The Morgan fingerprint density at radius 1 is 1.25 bits per heavy atom. The van der Waals surface area contributed by atoms with Crippen LogP contribution in [-0.4, -0.2) is 36.1 Å². The number of aliphatic imine (C=N–C) groups is 1. The van der Waals surface area contributed by atoms with Gasteiger partial charge in [0.1, 0.15) is 6.10 Å². The number of amides is 2. The molecule has 6 heteroatoms. The van der Waals surface area contributed by atoms with E-state index in [4.69, 9.17) is 16.3 Å². The van der Waals surface area contributed by atoms with Crippen LogP contribution in [-0.2, 0) is 4.74 Å². The molecular weight excluding hydrogens is 326 g/mol. The highest BCUT2D eigenvalue weighted by molar-refractivity contribution is 6.30. The van der Waals surface area contributed by atoms with Crippen molar-refractivity contribution in [2.24, 2.45) is 4.99 Å². The van der Waals surface area contributed by atoms with Gasteiger partial charge in [-0.1, -0.05) is 43.0 Å². The molecule has 1 heterocycles. The van der Waals surface area contributed by atoms with Crippen molar-refractivity contribution >= 4 is 23.7 Å². The average molecular weight is 350 g/mol. The number of carbonyl (C=O) groups excluding carboxylic acids is 1. The quantitative estimate of drug-likeness (QED) is 0.872. The molecule has 1 aromatic carbocycles. The zero-order valence-corrected chi connectivity index (χ0v) is 14.9. The number of urea groups is 1. The fraction of sp³-hybridized carbons (Fsp3) is 0.556. The standard InChI is InChI=1S/C18H24ClN3O2/c1-12-16(13-8-10-14(19)11-9-13)24-18(20-2)22(12)17(23)21-15-6-4-3-5-7-15/h8-12,15-16H,3-7H2,1-2H3,(H,21,23). The summed E-state index contributed by atoms with van der Waals surface area (Å²) >= 11 is 5.96. The van der Waals surface area contributed by atoms with Crippen LogP contribution in [0.2, 0.25) is 5.02 Å². The third kappa shape index (κ3) is 3.51. The lowest BCUT2D eigenvalue weighted by Crippen LogP contribution is -2.49. The number of carbonyl (C=O) groups is 1. The van der Waals surface area contributed by atoms with Gasteiger partial charge in [0.15, 0.2) is 0 Å². The molecule has 0 aromatic heterocycles. The average Bonchev–Trinajstić information content (AvgIpc) is 2.93. The predicted octanol–water partition coefficient (Wildman–Crippen LogP) is 4.13. The van der Waals surface area contributed by atoms with Crippen LogP contribution in [0.25, 0.3) is 0 Å². The van der Waals surface area contributed by atoms with Gasteiger partial charge in [0, 0.05) is 18.1 Å². The SMILES string of the molecule is CN=C1OC(c2ccc(Cl)cc2)C(C)N1C(=O)NC1CCCCC1. The van der Waals surface area contributed by atoms with E-state index < -0.39 is 0 Å². The molecule has 2 amide bonds. The molecule has 24 heavy (non-hydrogen) atoms. The third-order valence-electron chi connectivity index (χ3n) is 4.83. The van der Waals surface area contributed by atoms with E-state index in [1.165, 1.54) is 19.3 Å². The molecule has 1 aliphatic carbocycles. The van der Waals surface area contributed by atoms with Crippen molar-refractivity contribution in [2.75, 3.05) is 7.05 Å². The Labute approximate surface area is 148 Å². The smallest absolute Gasteiger partial charge is 0.326 e. The third-order valence-corrected chi connectivity index (χ3v) is 5.08. The molecule has 2 aliphatic rings. The molecule has 1 aromatic rings. The van der Waals surface area contributed by atoms with E-state index in [0.29, 0.717) is 11.0 Å². The van der Waals surface area contributed by atoms with E-state index >= 15 is 0 Å². The molecule has 1 saturated heterocycles. The molecule has 1 aliphatic heterocycles. The molecule has 0 spiro atoms. The number of nitrogens with zero attached hydrogens (tertiary/aromatic N) is 2. The Morgan fingerprint density at radius 3 is 2.54 bits per heavy atom. The lowest BCUT2D eigenvalue weighted by molar-refractivity contribution is 0.188. The first kappa shape index (κ1) is 17.1. The van der Waals surface area contributed by atoms with Gasteiger partial charge in [-0.05, 0) is 37.5 Å². The highest BCUT2D eigenvalue weighted by Gasteiger charge is 2.42. The van der Waals surface area contributed by atoms with Crippen molar-refractivity contribution in [3.63, 3.8) is 0 Å². The van der Waals surface area contributed by atoms with Gasteiger partial charge in [0.25, 0.3) is 6.02 Å². The maximum atomic E-state index is 12.8. The lowest BCUT2D eigenvalue weighted by Gasteiger charge is -2.27. The maximum Gasteiger partial charge on any atom is 0.326 e. The molecule has 5 nitrogen and oxygen atoms in total. The van der Waals surface area contributed by atoms with E-state index in [2.05, 4.69) is 10.3 Å². The van der Waals surface area contributed by atoms with Gasteiger partial charge in [-0.2, -0.15) is 0 Å². The minimum atomic E-state index is -0.238. The second kappa shape index (κ2) is 7.43. The Balaban J connectivity index is 1.74.